The van der Waals surface area contributed by atoms with Crippen molar-refractivity contribution in [3.63, 3.8) is 0 Å². The molecule has 1 rings (SSSR count). The van der Waals surface area contributed by atoms with Gasteiger partial charge in [-0.3, -0.25) is 0 Å². The van der Waals surface area contributed by atoms with Gasteiger partial charge in [-0.15, -0.1) is 0 Å². The molecule has 7 heteroatoms. The van der Waals surface area contributed by atoms with Crippen LogP contribution in [0, 0.1) is 0 Å². The SMILES string of the molecule is CC(Br)C(C)(C)NS(=O)(=O)c1ccc(Cl)c(Cl)c1. The third-order valence-corrected chi connectivity index (χ3v) is 6.15. The fraction of sp³-hybridized carbons (Fsp3) is 0.455. The third kappa shape index (κ3) is 3.84. The van der Waals surface area contributed by atoms with Gasteiger partial charge in [-0.05, 0) is 32.0 Å². The molecule has 0 radical (unpaired) electrons. The largest absolute Gasteiger partial charge is 0.241 e. The van der Waals surface area contributed by atoms with Crippen LogP contribution in [-0.2, 0) is 10.0 Å². The van der Waals surface area contributed by atoms with Gasteiger partial charge in [-0.25, -0.2) is 13.1 Å². The summed E-state index contributed by atoms with van der Waals surface area (Å²) in [4.78, 5) is 0.0701. The highest BCUT2D eigenvalue weighted by atomic mass is 79.9. The van der Waals surface area contributed by atoms with Crippen LogP contribution < -0.4 is 4.72 Å². The van der Waals surface area contributed by atoms with Crippen LogP contribution in [0.5, 0.6) is 0 Å². The van der Waals surface area contributed by atoms with Gasteiger partial charge in [-0.2, -0.15) is 0 Å². The maximum atomic E-state index is 12.2. The van der Waals surface area contributed by atoms with Crippen LogP contribution in [0.2, 0.25) is 10.0 Å². The van der Waals surface area contributed by atoms with Crippen molar-refractivity contribution in [1.82, 2.24) is 4.72 Å². The Balaban J connectivity index is 3.11. The van der Waals surface area contributed by atoms with Crippen molar-refractivity contribution in [3.8, 4) is 0 Å². The lowest BCUT2D eigenvalue weighted by atomic mass is 10.0. The molecule has 0 amide bonds. The van der Waals surface area contributed by atoms with Crippen LogP contribution in [0.25, 0.3) is 0 Å². The van der Waals surface area contributed by atoms with Crippen LogP contribution in [0.1, 0.15) is 20.8 Å². The van der Waals surface area contributed by atoms with Gasteiger partial charge < -0.3 is 0 Å². The molecule has 0 spiro atoms. The minimum atomic E-state index is -3.63. The molecule has 102 valence electrons. The average molecular weight is 375 g/mol. The van der Waals surface area contributed by atoms with Crippen molar-refractivity contribution in [1.29, 1.82) is 0 Å². The first-order valence-corrected chi connectivity index (χ1v) is 8.35. The normalized spacial score (nSPS) is 14.6. The number of hydrogen-bond donors (Lipinski definition) is 1. The third-order valence-electron chi connectivity index (χ3n) is 2.59. The Kier molecular flexibility index (Phi) is 5.12. The number of halogens is 3. The quantitative estimate of drug-likeness (QED) is 0.814. The van der Waals surface area contributed by atoms with Gasteiger partial charge in [0.15, 0.2) is 0 Å². The number of sulfonamides is 1. The predicted octanol–water partition coefficient (Wildman–Crippen LogP) is 3.83. The van der Waals surface area contributed by atoms with E-state index in [0.29, 0.717) is 5.02 Å². The molecule has 0 aliphatic heterocycles. The van der Waals surface area contributed by atoms with Crippen LogP contribution >= 0.6 is 39.1 Å². The van der Waals surface area contributed by atoms with Gasteiger partial charge in [0.25, 0.3) is 0 Å². The summed E-state index contributed by atoms with van der Waals surface area (Å²) in [6.07, 6.45) is 0. The van der Waals surface area contributed by atoms with Crippen LogP contribution in [0.4, 0.5) is 0 Å². The standard InChI is InChI=1S/C11H14BrCl2NO2S/c1-7(12)11(2,3)15-18(16,17)8-4-5-9(13)10(14)6-8/h4-7,15H,1-3H3. The number of benzene rings is 1. The summed E-state index contributed by atoms with van der Waals surface area (Å²) >= 11 is 15.0. The van der Waals surface area contributed by atoms with Gasteiger partial charge in [0.1, 0.15) is 0 Å². The lowest BCUT2D eigenvalue weighted by molar-refractivity contribution is 0.454. The van der Waals surface area contributed by atoms with E-state index in [1.807, 2.05) is 6.92 Å². The van der Waals surface area contributed by atoms with Crippen LogP contribution in [0.3, 0.4) is 0 Å². The van der Waals surface area contributed by atoms with E-state index in [1.54, 1.807) is 13.8 Å². The molecule has 18 heavy (non-hydrogen) atoms. The molecule has 0 fully saturated rings. The van der Waals surface area contributed by atoms with Crippen molar-refractivity contribution < 1.29 is 8.42 Å². The van der Waals surface area contributed by atoms with Crippen LogP contribution in [-0.4, -0.2) is 18.8 Å². The summed E-state index contributed by atoms with van der Waals surface area (Å²) in [5.74, 6) is 0. The Morgan fingerprint density at radius 3 is 2.28 bits per heavy atom. The second-order valence-corrected chi connectivity index (χ2v) is 8.39. The Labute approximate surface area is 126 Å². The lowest BCUT2D eigenvalue weighted by Gasteiger charge is -2.28. The van der Waals surface area contributed by atoms with Gasteiger partial charge in [0.05, 0.1) is 14.9 Å². The van der Waals surface area contributed by atoms with Crippen molar-refractivity contribution in [2.24, 2.45) is 0 Å². The maximum Gasteiger partial charge on any atom is 0.241 e. The predicted molar refractivity (Wildman–Crippen MR) is 79.3 cm³/mol. The molecule has 0 bridgehead atoms. The van der Waals surface area contributed by atoms with Gasteiger partial charge in [0, 0.05) is 10.4 Å². The Morgan fingerprint density at radius 1 is 1.28 bits per heavy atom. The second-order valence-electron chi connectivity index (χ2n) is 4.52. The Morgan fingerprint density at radius 2 is 1.83 bits per heavy atom. The minimum Gasteiger partial charge on any atom is -0.207 e. The van der Waals surface area contributed by atoms with Crippen molar-refractivity contribution in [2.75, 3.05) is 0 Å². The Bertz CT molecular complexity index is 544. The highest BCUT2D eigenvalue weighted by molar-refractivity contribution is 9.09. The van der Waals surface area contributed by atoms with Gasteiger partial charge in [-0.1, -0.05) is 46.1 Å². The number of hydrogen-bond acceptors (Lipinski definition) is 2. The summed E-state index contributed by atoms with van der Waals surface area (Å²) in [6.45, 7) is 5.46. The summed E-state index contributed by atoms with van der Waals surface area (Å²) in [6, 6.07) is 4.22. The molecule has 1 aromatic carbocycles. The molecule has 3 nitrogen and oxygen atoms in total. The van der Waals surface area contributed by atoms with E-state index < -0.39 is 15.6 Å². The number of rotatable bonds is 4. The molecule has 1 aromatic rings. The fourth-order valence-electron chi connectivity index (χ4n) is 1.13. The van der Waals surface area contributed by atoms with E-state index >= 15 is 0 Å². The van der Waals surface area contributed by atoms with Gasteiger partial charge in [0.2, 0.25) is 10.0 Å². The Hall–Kier alpha value is 0.190. The topological polar surface area (TPSA) is 46.2 Å². The van der Waals surface area contributed by atoms with E-state index in [9.17, 15) is 8.42 Å². The molecule has 1 N–H and O–H groups in total. The van der Waals surface area contributed by atoms with Crippen LogP contribution in [0.15, 0.2) is 23.1 Å². The summed E-state index contributed by atoms with van der Waals surface area (Å²) in [5, 5.41) is 0.535. The minimum absolute atomic E-state index is 0.0254. The molecular formula is C11H14BrCl2NO2S. The molecule has 0 aromatic heterocycles. The zero-order valence-corrected chi connectivity index (χ0v) is 14.1. The molecule has 1 atom stereocenters. The second kappa shape index (κ2) is 5.67. The van der Waals surface area contributed by atoms with E-state index in [4.69, 9.17) is 23.2 Å². The zero-order valence-electron chi connectivity index (χ0n) is 10.2. The summed E-state index contributed by atoms with van der Waals surface area (Å²) < 4.78 is 27.0. The smallest absolute Gasteiger partial charge is 0.207 e. The molecule has 0 saturated carbocycles. The zero-order chi connectivity index (χ0) is 14.1. The molecule has 1 unspecified atom stereocenters. The lowest BCUT2D eigenvalue weighted by Crippen LogP contribution is -2.48. The average Bonchev–Trinajstić information content (AvgIpc) is 2.20. The van der Waals surface area contributed by atoms with Crippen molar-refractivity contribution >= 4 is 49.2 Å². The van der Waals surface area contributed by atoms with E-state index in [2.05, 4.69) is 20.7 Å². The van der Waals surface area contributed by atoms with E-state index in [-0.39, 0.29) is 14.7 Å². The summed E-state index contributed by atoms with van der Waals surface area (Å²) in [7, 11) is -3.63. The van der Waals surface area contributed by atoms with Gasteiger partial charge >= 0.3 is 0 Å². The fourth-order valence-corrected chi connectivity index (χ4v) is 3.27. The molecule has 0 heterocycles. The highest BCUT2D eigenvalue weighted by Crippen LogP contribution is 2.26. The molecule has 0 aliphatic carbocycles. The first-order chi connectivity index (χ1) is 8.06. The molecule has 0 saturated heterocycles. The maximum absolute atomic E-state index is 12.2. The first-order valence-electron chi connectivity index (χ1n) is 5.19. The molecule has 0 aliphatic rings. The molecular weight excluding hydrogens is 361 g/mol. The highest BCUT2D eigenvalue weighted by Gasteiger charge is 2.30. The monoisotopic (exact) mass is 373 g/mol. The summed E-state index contributed by atoms with van der Waals surface area (Å²) in [5.41, 5.74) is -0.620. The van der Waals surface area contributed by atoms with E-state index in [0.717, 1.165) is 0 Å². The van der Waals surface area contributed by atoms with Crippen molar-refractivity contribution in [3.05, 3.63) is 28.2 Å². The number of alkyl halides is 1. The number of nitrogens with one attached hydrogen (secondary N) is 1. The van der Waals surface area contributed by atoms with Crippen molar-refractivity contribution in [2.45, 2.75) is 36.0 Å². The first kappa shape index (κ1) is 16.2. The van der Waals surface area contributed by atoms with E-state index in [1.165, 1.54) is 18.2 Å².